The van der Waals surface area contributed by atoms with Crippen LogP contribution in [0.1, 0.15) is 43.9 Å². The summed E-state index contributed by atoms with van der Waals surface area (Å²) in [6.45, 7) is 7.48. The Hall–Kier alpha value is -1.95. The molecule has 0 saturated carbocycles. The van der Waals surface area contributed by atoms with Crippen molar-refractivity contribution in [2.24, 2.45) is 11.3 Å². The van der Waals surface area contributed by atoms with Crippen molar-refractivity contribution >= 4 is 29.3 Å². The number of hydrogen-bond donors (Lipinski definition) is 1. The Morgan fingerprint density at radius 3 is 2.58 bits per heavy atom. The summed E-state index contributed by atoms with van der Waals surface area (Å²) < 4.78 is 11.3. The molecule has 2 atom stereocenters. The second kappa shape index (κ2) is 8.68. The number of nitrogens with zero attached hydrogens (tertiary/aromatic N) is 1. The number of piperidine rings is 3. The molecule has 176 valence electrons. The molecule has 7 heteroatoms. The molecule has 3 heterocycles. The maximum absolute atomic E-state index is 12.9. The first-order valence-corrected chi connectivity index (χ1v) is 12.4. The minimum atomic E-state index is -0.311. The van der Waals surface area contributed by atoms with E-state index in [-0.39, 0.29) is 23.7 Å². The normalized spacial score (nSPS) is 27.2. The lowest BCUT2D eigenvalue weighted by Gasteiger charge is -2.44. The number of hydrogen-bond acceptors (Lipinski definition) is 4. The molecular weight excluding hydrogens is 459 g/mol. The van der Waals surface area contributed by atoms with Crippen LogP contribution in [-0.4, -0.2) is 43.8 Å². The molecule has 3 aliphatic heterocycles. The van der Waals surface area contributed by atoms with Crippen LogP contribution in [0.3, 0.4) is 0 Å². The Kier molecular flexibility index (Phi) is 6.00. The lowest BCUT2D eigenvalue weighted by atomic mass is 9.85. The molecule has 6 rings (SSSR count). The van der Waals surface area contributed by atoms with Crippen LogP contribution in [0.15, 0.2) is 30.3 Å². The molecule has 2 aromatic rings. The number of ether oxygens (including phenoxy) is 2. The Morgan fingerprint density at radius 2 is 1.91 bits per heavy atom. The third-order valence-electron chi connectivity index (χ3n) is 7.56. The van der Waals surface area contributed by atoms with Crippen LogP contribution in [-0.2, 0) is 11.2 Å². The smallest absolute Gasteiger partial charge is 0.407 e. The van der Waals surface area contributed by atoms with Gasteiger partial charge < -0.3 is 14.8 Å². The van der Waals surface area contributed by atoms with Crippen molar-refractivity contribution in [2.75, 3.05) is 26.7 Å². The molecule has 1 N–H and O–H groups in total. The predicted octanol–water partition coefficient (Wildman–Crippen LogP) is 6.11. The van der Waals surface area contributed by atoms with Crippen molar-refractivity contribution in [1.82, 2.24) is 10.2 Å². The summed E-state index contributed by atoms with van der Waals surface area (Å²) in [5.74, 6) is 0.972. The fourth-order valence-electron chi connectivity index (χ4n) is 5.77. The minimum Gasteiger partial charge on any atom is -0.494 e. The molecule has 0 aromatic heterocycles. The van der Waals surface area contributed by atoms with Crippen LogP contribution in [0.4, 0.5) is 4.79 Å². The van der Waals surface area contributed by atoms with Gasteiger partial charge in [-0.25, -0.2) is 4.79 Å². The number of fused-ring (bicyclic) bond motifs is 4. The average Bonchev–Trinajstić information content (AvgIpc) is 3.03. The van der Waals surface area contributed by atoms with Crippen LogP contribution in [0, 0.1) is 11.3 Å². The van der Waals surface area contributed by atoms with Gasteiger partial charge in [-0.15, -0.1) is 0 Å². The SMILES string of the molecule is COc1c(Cl)ccc(-c2ccc3c(c2)CC(C)(C)C3NC(=O)O[C@H]2CN3CCC2CC3)c1Cl. The number of carbonyl (C=O) groups excluding carboxylic acids is 1. The summed E-state index contributed by atoms with van der Waals surface area (Å²) in [6, 6.07) is 9.90. The van der Waals surface area contributed by atoms with Crippen molar-refractivity contribution < 1.29 is 14.3 Å². The first-order chi connectivity index (χ1) is 15.8. The molecule has 0 radical (unpaired) electrons. The number of rotatable bonds is 4. The Balaban J connectivity index is 1.36. The largest absolute Gasteiger partial charge is 0.494 e. The topological polar surface area (TPSA) is 50.8 Å². The first-order valence-electron chi connectivity index (χ1n) is 11.6. The Bertz CT molecular complexity index is 1080. The summed E-state index contributed by atoms with van der Waals surface area (Å²) in [6.07, 6.45) is 2.78. The van der Waals surface area contributed by atoms with Crippen LogP contribution >= 0.6 is 23.2 Å². The first kappa shape index (κ1) is 22.8. The zero-order valence-corrected chi connectivity index (χ0v) is 20.8. The molecular formula is C26H30Cl2N2O3. The fourth-order valence-corrected chi connectivity index (χ4v) is 6.41. The highest BCUT2D eigenvalue weighted by Gasteiger charge is 2.42. The van der Waals surface area contributed by atoms with Crippen LogP contribution in [0.5, 0.6) is 5.75 Å². The number of amides is 1. The van der Waals surface area contributed by atoms with E-state index in [2.05, 4.69) is 36.2 Å². The minimum absolute atomic E-state index is 0.000823. The van der Waals surface area contributed by atoms with Crippen molar-refractivity contribution in [2.45, 2.75) is 45.3 Å². The summed E-state index contributed by atoms with van der Waals surface area (Å²) in [4.78, 5) is 15.3. The zero-order chi connectivity index (χ0) is 23.3. The summed E-state index contributed by atoms with van der Waals surface area (Å²) >= 11 is 12.8. The standard InChI is InChI=1S/C26H30Cl2N2O3/c1-26(2)13-17-12-16(18-6-7-20(27)23(32-3)22(18)28)4-5-19(17)24(26)29-25(31)33-21-14-30-10-8-15(21)9-11-30/h4-7,12,15,21,24H,8-11,13-14H2,1-3H3,(H,29,31)/t21-,24?/m0/s1. The lowest BCUT2D eigenvalue weighted by molar-refractivity contribution is -0.0348. The Morgan fingerprint density at radius 1 is 1.15 bits per heavy atom. The third-order valence-corrected chi connectivity index (χ3v) is 8.24. The molecule has 1 unspecified atom stereocenters. The molecule has 1 aliphatic carbocycles. The Labute approximate surface area is 205 Å². The average molecular weight is 489 g/mol. The molecule has 0 spiro atoms. The van der Waals surface area contributed by atoms with Gasteiger partial charge >= 0.3 is 6.09 Å². The molecule has 33 heavy (non-hydrogen) atoms. The fraction of sp³-hybridized carbons (Fsp3) is 0.500. The maximum atomic E-state index is 12.9. The number of benzene rings is 2. The monoisotopic (exact) mass is 488 g/mol. The van der Waals surface area contributed by atoms with E-state index in [0.717, 1.165) is 55.6 Å². The number of carbonyl (C=O) groups is 1. The van der Waals surface area contributed by atoms with E-state index in [1.54, 1.807) is 13.2 Å². The molecule has 3 fully saturated rings. The van der Waals surface area contributed by atoms with Gasteiger partial charge in [-0.05, 0) is 66.4 Å². The van der Waals surface area contributed by atoms with Crippen LogP contribution < -0.4 is 10.1 Å². The number of methoxy groups -OCH3 is 1. The second-order valence-electron chi connectivity index (χ2n) is 10.2. The van der Waals surface area contributed by atoms with Crippen molar-refractivity contribution in [3.05, 3.63) is 51.5 Å². The van der Waals surface area contributed by atoms with Gasteiger partial charge in [0.1, 0.15) is 6.10 Å². The summed E-state index contributed by atoms with van der Waals surface area (Å²) in [5.41, 5.74) is 4.08. The highest BCUT2D eigenvalue weighted by atomic mass is 35.5. The van der Waals surface area contributed by atoms with Gasteiger partial charge in [-0.1, -0.05) is 61.3 Å². The van der Waals surface area contributed by atoms with Gasteiger partial charge in [0.25, 0.3) is 0 Å². The number of nitrogens with one attached hydrogen (secondary N) is 1. The van der Waals surface area contributed by atoms with Crippen molar-refractivity contribution in [3.63, 3.8) is 0 Å². The van der Waals surface area contributed by atoms with E-state index in [4.69, 9.17) is 32.7 Å². The van der Waals surface area contributed by atoms with E-state index >= 15 is 0 Å². The van der Waals surface area contributed by atoms with E-state index < -0.39 is 0 Å². The highest BCUT2D eigenvalue weighted by Crippen LogP contribution is 2.47. The van der Waals surface area contributed by atoms with Crippen LogP contribution in [0.25, 0.3) is 11.1 Å². The van der Waals surface area contributed by atoms with Gasteiger partial charge in [-0.2, -0.15) is 0 Å². The summed E-state index contributed by atoms with van der Waals surface area (Å²) in [7, 11) is 1.56. The molecule has 2 bridgehead atoms. The lowest BCUT2D eigenvalue weighted by Crippen LogP contribution is -2.53. The van der Waals surface area contributed by atoms with Gasteiger partial charge in [0, 0.05) is 12.1 Å². The zero-order valence-electron chi connectivity index (χ0n) is 19.3. The predicted molar refractivity (Wildman–Crippen MR) is 131 cm³/mol. The molecule has 1 amide bonds. The molecule has 2 aromatic carbocycles. The maximum Gasteiger partial charge on any atom is 0.407 e. The second-order valence-corrected chi connectivity index (χ2v) is 11.0. The van der Waals surface area contributed by atoms with E-state index in [0.29, 0.717) is 21.7 Å². The van der Waals surface area contributed by atoms with Crippen LogP contribution in [0.2, 0.25) is 10.0 Å². The molecule has 5 nitrogen and oxygen atoms in total. The summed E-state index contributed by atoms with van der Waals surface area (Å²) in [5, 5.41) is 4.17. The van der Waals surface area contributed by atoms with Gasteiger partial charge in [0.05, 0.1) is 23.2 Å². The molecule has 4 aliphatic rings. The highest BCUT2D eigenvalue weighted by molar-refractivity contribution is 6.39. The number of halogens is 2. The molecule has 3 saturated heterocycles. The van der Waals surface area contributed by atoms with E-state index in [1.807, 2.05) is 12.1 Å². The van der Waals surface area contributed by atoms with Gasteiger partial charge in [0.2, 0.25) is 0 Å². The number of alkyl carbamates (subject to hydrolysis) is 1. The van der Waals surface area contributed by atoms with Crippen molar-refractivity contribution in [3.8, 4) is 16.9 Å². The quantitative estimate of drug-likeness (QED) is 0.563. The van der Waals surface area contributed by atoms with Crippen molar-refractivity contribution in [1.29, 1.82) is 0 Å². The van der Waals surface area contributed by atoms with E-state index in [9.17, 15) is 4.79 Å². The van der Waals surface area contributed by atoms with E-state index in [1.165, 1.54) is 5.56 Å². The van der Waals surface area contributed by atoms with Gasteiger partial charge in [-0.3, -0.25) is 4.90 Å². The van der Waals surface area contributed by atoms with Gasteiger partial charge in [0.15, 0.2) is 5.75 Å². The third kappa shape index (κ3) is 4.20.